The number of rotatable bonds is 5. The van der Waals surface area contributed by atoms with Crippen LogP contribution in [0.1, 0.15) is 42.1 Å². The molecule has 2 atom stereocenters. The van der Waals surface area contributed by atoms with Gasteiger partial charge in [0.15, 0.2) is 5.82 Å². The summed E-state index contributed by atoms with van der Waals surface area (Å²) in [5.74, 6) is -0.0109. The number of halogens is 2. The van der Waals surface area contributed by atoms with Gasteiger partial charge in [0.2, 0.25) is 12.3 Å². The molecule has 0 radical (unpaired) electrons. The van der Waals surface area contributed by atoms with E-state index < -0.39 is 0 Å². The van der Waals surface area contributed by atoms with E-state index in [1.54, 1.807) is 22.9 Å². The highest BCUT2D eigenvalue weighted by Gasteiger charge is 2.34. The Hall–Kier alpha value is -2.90. The summed E-state index contributed by atoms with van der Waals surface area (Å²) in [7, 11) is 0. The topological polar surface area (TPSA) is 88.9 Å². The average Bonchev–Trinajstić information content (AvgIpc) is 3.12. The number of nitrogens with zero attached hydrogens (tertiary/aromatic N) is 3. The van der Waals surface area contributed by atoms with Crippen LogP contribution < -0.4 is 10.6 Å². The maximum absolute atomic E-state index is 12.5. The van der Waals surface area contributed by atoms with Gasteiger partial charge in [0, 0.05) is 28.1 Å². The molecule has 4 rings (SSSR count). The van der Waals surface area contributed by atoms with Crippen molar-refractivity contribution in [3.8, 4) is 0 Å². The number of hydrogen-bond acceptors (Lipinski definition) is 4. The zero-order valence-corrected chi connectivity index (χ0v) is 16.9. The van der Waals surface area contributed by atoms with Crippen LogP contribution >= 0.6 is 23.2 Å². The maximum atomic E-state index is 12.5. The van der Waals surface area contributed by atoms with Crippen LogP contribution in [0.5, 0.6) is 0 Å². The number of amides is 2. The monoisotopic (exact) mass is 429 g/mol. The van der Waals surface area contributed by atoms with Crippen LogP contribution in [-0.4, -0.2) is 27.3 Å². The lowest BCUT2D eigenvalue weighted by atomic mass is 9.88. The average molecular weight is 430 g/mol. The van der Waals surface area contributed by atoms with E-state index >= 15 is 0 Å². The van der Waals surface area contributed by atoms with E-state index in [9.17, 15) is 9.59 Å². The molecule has 1 aliphatic rings. The summed E-state index contributed by atoms with van der Waals surface area (Å²) in [6, 6.07) is 12.4. The normalized spacial score (nSPS) is 16.7. The molecule has 2 N–H and O–H groups in total. The Bertz CT molecular complexity index is 1080. The maximum Gasteiger partial charge on any atom is 0.226 e. The van der Waals surface area contributed by atoms with Crippen LogP contribution in [0.2, 0.25) is 10.0 Å². The zero-order valence-electron chi connectivity index (χ0n) is 15.4. The fourth-order valence-electron chi connectivity index (χ4n) is 3.55. The Morgan fingerprint density at radius 2 is 1.93 bits per heavy atom. The summed E-state index contributed by atoms with van der Waals surface area (Å²) in [5, 5.41) is 15.4. The Kier molecular flexibility index (Phi) is 5.25. The Labute approximate surface area is 177 Å². The fraction of sp³-hybridized carbons (Fsp3) is 0.200. The molecule has 2 aromatic carbocycles. The smallest absolute Gasteiger partial charge is 0.226 e. The molecular formula is C20H17Cl2N5O2. The van der Waals surface area contributed by atoms with Crippen LogP contribution in [-0.2, 0) is 9.59 Å². The standard InChI is InChI=1S/C20H17Cl2N5O2/c1-11(12-2-4-13(21)5-3-12)27-20-19(25-26-27)16(9-18(29)24-20)15-8-14(22)6-7-17(15)23-10-28/h2-8,10-11,16H,9H2,1H3,(H,23,28)(H,24,29)/t11-,16+/m0/s1. The lowest BCUT2D eigenvalue weighted by molar-refractivity contribution is -0.116. The third kappa shape index (κ3) is 3.71. The first-order valence-electron chi connectivity index (χ1n) is 8.98. The highest BCUT2D eigenvalue weighted by molar-refractivity contribution is 6.31. The number of carbonyl (C=O) groups excluding carboxylic acids is 2. The van der Waals surface area contributed by atoms with Crippen LogP contribution in [0.4, 0.5) is 11.5 Å². The van der Waals surface area contributed by atoms with Crippen LogP contribution in [0.25, 0.3) is 0 Å². The second-order valence-corrected chi connectivity index (χ2v) is 7.67. The van der Waals surface area contributed by atoms with Gasteiger partial charge in [-0.3, -0.25) is 9.59 Å². The molecule has 7 nitrogen and oxygen atoms in total. The predicted octanol–water partition coefficient (Wildman–Crippen LogP) is 4.24. The SMILES string of the molecule is C[C@@H](c1ccc(Cl)cc1)n1nnc2c1NC(=O)C[C@@H]2c1cc(Cl)ccc1NC=O. The van der Waals surface area contributed by atoms with Crippen molar-refractivity contribution < 1.29 is 9.59 Å². The Morgan fingerprint density at radius 3 is 2.66 bits per heavy atom. The van der Waals surface area contributed by atoms with Gasteiger partial charge in [0.05, 0.1) is 6.04 Å². The van der Waals surface area contributed by atoms with E-state index in [1.165, 1.54) is 0 Å². The van der Waals surface area contributed by atoms with E-state index in [4.69, 9.17) is 23.2 Å². The number of aromatic nitrogens is 3. The molecule has 29 heavy (non-hydrogen) atoms. The fourth-order valence-corrected chi connectivity index (χ4v) is 3.86. The van der Waals surface area contributed by atoms with Gasteiger partial charge < -0.3 is 10.6 Å². The van der Waals surface area contributed by atoms with Crippen molar-refractivity contribution in [2.24, 2.45) is 0 Å². The lowest BCUT2D eigenvalue weighted by Gasteiger charge is -2.25. The first-order chi connectivity index (χ1) is 14.0. The van der Waals surface area contributed by atoms with Gasteiger partial charge in [-0.15, -0.1) is 5.10 Å². The van der Waals surface area contributed by atoms with E-state index in [0.29, 0.717) is 39.2 Å². The summed E-state index contributed by atoms with van der Waals surface area (Å²) in [6.45, 7) is 1.97. The molecule has 3 aromatic rings. The van der Waals surface area contributed by atoms with Crippen molar-refractivity contribution in [2.45, 2.75) is 25.3 Å². The van der Waals surface area contributed by atoms with Crippen molar-refractivity contribution in [3.63, 3.8) is 0 Å². The minimum atomic E-state index is -0.383. The first-order valence-corrected chi connectivity index (χ1v) is 9.73. The van der Waals surface area contributed by atoms with Gasteiger partial charge in [0.25, 0.3) is 0 Å². The van der Waals surface area contributed by atoms with Gasteiger partial charge in [0.1, 0.15) is 5.69 Å². The van der Waals surface area contributed by atoms with E-state index in [1.807, 2.05) is 31.2 Å². The molecule has 148 valence electrons. The number of nitrogens with one attached hydrogen (secondary N) is 2. The Morgan fingerprint density at radius 1 is 1.21 bits per heavy atom. The summed E-state index contributed by atoms with van der Waals surface area (Å²) < 4.78 is 1.68. The number of hydrogen-bond donors (Lipinski definition) is 2. The summed E-state index contributed by atoms with van der Waals surface area (Å²) >= 11 is 12.2. The number of carbonyl (C=O) groups is 2. The minimum absolute atomic E-state index is 0.161. The van der Waals surface area contributed by atoms with Gasteiger partial charge in [-0.1, -0.05) is 40.5 Å². The third-order valence-electron chi connectivity index (χ3n) is 5.02. The molecular weight excluding hydrogens is 413 g/mol. The van der Waals surface area contributed by atoms with E-state index in [-0.39, 0.29) is 24.3 Å². The van der Waals surface area contributed by atoms with Crippen LogP contribution in [0.15, 0.2) is 42.5 Å². The van der Waals surface area contributed by atoms with Crippen molar-refractivity contribution in [1.29, 1.82) is 0 Å². The van der Waals surface area contributed by atoms with Gasteiger partial charge in [-0.25, -0.2) is 4.68 Å². The summed E-state index contributed by atoms with van der Waals surface area (Å²) in [5.41, 5.74) is 2.90. The molecule has 0 spiro atoms. The summed E-state index contributed by atoms with van der Waals surface area (Å²) in [4.78, 5) is 23.5. The highest BCUT2D eigenvalue weighted by atomic mass is 35.5. The third-order valence-corrected chi connectivity index (χ3v) is 5.51. The van der Waals surface area contributed by atoms with Crippen molar-refractivity contribution >= 4 is 47.0 Å². The molecule has 0 aliphatic carbocycles. The van der Waals surface area contributed by atoms with Gasteiger partial charge >= 0.3 is 0 Å². The highest BCUT2D eigenvalue weighted by Crippen LogP contribution is 2.40. The molecule has 2 amide bonds. The lowest BCUT2D eigenvalue weighted by Crippen LogP contribution is -2.26. The number of anilines is 2. The molecule has 0 saturated heterocycles. The number of benzene rings is 2. The molecule has 0 saturated carbocycles. The van der Waals surface area contributed by atoms with Gasteiger partial charge in [-0.05, 0) is 48.4 Å². The quantitative estimate of drug-likeness (QED) is 0.593. The second kappa shape index (κ2) is 7.85. The van der Waals surface area contributed by atoms with E-state index in [2.05, 4.69) is 20.9 Å². The number of fused-ring (bicyclic) bond motifs is 1. The summed E-state index contributed by atoms with van der Waals surface area (Å²) in [6.07, 6.45) is 0.769. The largest absolute Gasteiger partial charge is 0.328 e. The molecule has 1 aromatic heterocycles. The Balaban J connectivity index is 1.78. The molecule has 0 fully saturated rings. The van der Waals surface area contributed by atoms with Crippen LogP contribution in [0.3, 0.4) is 0 Å². The molecule has 0 bridgehead atoms. The minimum Gasteiger partial charge on any atom is -0.328 e. The van der Waals surface area contributed by atoms with Gasteiger partial charge in [-0.2, -0.15) is 0 Å². The zero-order chi connectivity index (χ0) is 20.5. The van der Waals surface area contributed by atoms with E-state index in [0.717, 1.165) is 5.56 Å². The van der Waals surface area contributed by atoms with Crippen molar-refractivity contribution in [1.82, 2.24) is 15.0 Å². The molecule has 9 heteroatoms. The van der Waals surface area contributed by atoms with Crippen molar-refractivity contribution in [3.05, 3.63) is 69.3 Å². The molecule has 2 heterocycles. The molecule has 0 unspecified atom stereocenters. The molecule has 1 aliphatic heterocycles. The predicted molar refractivity (Wildman–Crippen MR) is 112 cm³/mol. The van der Waals surface area contributed by atoms with Crippen LogP contribution in [0, 0.1) is 0 Å². The first kappa shape index (κ1) is 19.4. The second-order valence-electron chi connectivity index (χ2n) is 6.79. The van der Waals surface area contributed by atoms with Crippen molar-refractivity contribution in [2.75, 3.05) is 10.6 Å².